The van der Waals surface area contributed by atoms with Gasteiger partial charge in [-0.15, -0.1) is 0 Å². The van der Waals surface area contributed by atoms with Gasteiger partial charge in [0.25, 0.3) is 11.7 Å². The van der Waals surface area contributed by atoms with E-state index >= 15 is 0 Å². The van der Waals surface area contributed by atoms with Crippen LogP contribution < -0.4 is 19.1 Å². The van der Waals surface area contributed by atoms with Crippen LogP contribution in [0, 0.1) is 0 Å². The van der Waals surface area contributed by atoms with E-state index in [0.29, 0.717) is 47.3 Å². The predicted molar refractivity (Wildman–Crippen MR) is 133 cm³/mol. The van der Waals surface area contributed by atoms with E-state index in [4.69, 9.17) is 14.2 Å². The van der Waals surface area contributed by atoms with Crippen LogP contribution in [0.15, 0.2) is 78.4 Å². The summed E-state index contributed by atoms with van der Waals surface area (Å²) in [6.07, 6.45) is 0. The molecule has 3 aromatic rings. The molecule has 1 heterocycles. The standard InChI is InChI=1S/C28H27NO6/c1-4-34-21-14-12-18(13-15-21)25-24(26(30)19-8-6-10-22(16-19)33-3)27(31)28(32)29(25)20-9-7-11-23(17-20)35-5-2/h6-17,25,30H,4-5H2,1-3H3/b26-24+. The topological polar surface area (TPSA) is 85.3 Å². The normalized spacial score (nSPS) is 16.9. The van der Waals surface area contributed by atoms with Gasteiger partial charge in [0.05, 0.1) is 31.9 Å². The van der Waals surface area contributed by atoms with Gasteiger partial charge >= 0.3 is 0 Å². The van der Waals surface area contributed by atoms with Crippen LogP contribution in [0.25, 0.3) is 5.76 Å². The molecule has 1 atom stereocenters. The SMILES string of the molecule is CCOc1ccc(C2/C(=C(\O)c3cccc(OC)c3)C(=O)C(=O)N2c2cccc(OCC)c2)cc1. The van der Waals surface area contributed by atoms with Gasteiger partial charge < -0.3 is 19.3 Å². The minimum absolute atomic E-state index is 0.00535. The van der Waals surface area contributed by atoms with Crippen molar-refractivity contribution in [1.82, 2.24) is 0 Å². The third-order valence-electron chi connectivity index (χ3n) is 5.70. The highest BCUT2D eigenvalue weighted by atomic mass is 16.5. The molecule has 1 aliphatic heterocycles. The number of carbonyl (C=O) groups is 2. The number of ketones is 1. The number of aliphatic hydroxyl groups is 1. The Balaban J connectivity index is 1.90. The Hall–Kier alpha value is -4.26. The third kappa shape index (κ3) is 4.71. The van der Waals surface area contributed by atoms with Crippen LogP contribution in [0.1, 0.15) is 31.0 Å². The van der Waals surface area contributed by atoms with Gasteiger partial charge in [-0.2, -0.15) is 0 Å². The zero-order valence-electron chi connectivity index (χ0n) is 19.9. The molecule has 0 aromatic heterocycles. The van der Waals surface area contributed by atoms with Crippen molar-refractivity contribution >= 4 is 23.1 Å². The van der Waals surface area contributed by atoms with E-state index in [0.717, 1.165) is 0 Å². The fourth-order valence-electron chi connectivity index (χ4n) is 4.14. The van der Waals surface area contributed by atoms with E-state index in [-0.39, 0.29) is 11.3 Å². The second-order valence-corrected chi connectivity index (χ2v) is 7.83. The number of amides is 1. The lowest BCUT2D eigenvalue weighted by molar-refractivity contribution is -0.132. The summed E-state index contributed by atoms with van der Waals surface area (Å²) in [6, 6.07) is 20.0. The van der Waals surface area contributed by atoms with Gasteiger partial charge in [0.1, 0.15) is 23.0 Å². The predicted octanol–water partition coefficient (Wildman–Crippen LogP) is 5.12. The molecule has 1 fully saturated rings. The van der Waals surface area contributed by atoms with E-state index in [1.165, 1.54) is 12.0 Å². The molecule has 35 heavy (non-hydrogen) atoms. The third-order valence-corrected chi connectivity index (χ3v) is 5.70. The Morgan fingerprint density at radius 2 is 1.51 bits per heavy atom. The Morgan fingerprint density at radius 1 is 0.857 bits per heavy atom. The Morgan fingerprint density at radius 3 is 2.20 bits per heavy atom. The summed E-state index contributed by atoms with van der Waals surface area (Å²) in [7, 11) is 1.52. The van der Waals surface area contributed by atoms with Gasteiger partial charge in [-0.05, 0) is 55.8 Å². The van der Waals surface area contributed by atoms with Crippen molar-refractivity contribution in [2.45, 2.75) is 19.9 Å². The van der Waals surface area contributed by atoms with Crippen molar-refractivity contribution in [1.29, 1.82) is 0 Å². The highest BCUT2D eigenvalue weighted by Crippen LogP contribution is 2.43. The van der Waals surface area contributed by atoms with Crippen molar-refractivity contribution < 1.29 is 28.9 Å². The number of hydrogen-bond acceptors (Lipinski definition) is 6. The lowest BCUT2D eigenvalue weighted by atomic mass is 9.95. The van der Waals surface area contributed by atoms with E-state index in [1.54, 1.807) is 72.8 Å². The highest BCUT2D eigenvalue weighted by Gasteiger charge is 2.47. The molecule has 7 heteroatoms. The van der Waals surface area contributed by atoms with Gasteiger partial charge in [0.15, 0.2) is 0 Å². The molecule has 0 saturated carbocycles. The smallest absolute Gasteiger partial charge is 0.300 e. The van der Waals surface area contributed by atoms with Crippen molar-refractivity contribution in [3.8, 4) is 17.2 Å². The average molecular weight is 474 g/mol. The quantitative estimate of drug-likeness (QED) is 0.278. The molecule has 1 aliphatic rings. The average Bonchev–Trinajstić information content (AvgIpc) is 3.15. The number of ether oxygens (including phenoxy) is 3. The number of carbonyl (C=O) groups excluding carboxylic acids is 2. The lowest BCUT2D eigenvalue weighted by Gasteiger charge is -2.26. The van der Waals surface area contributed by atoms with E-state index in [1.807, 2.05) is 13.8 Å². The van der Waals surface area contributed by atoms with Crippen LogP contribution in [-0.2, 0) is 9.59 Å². The van der Waals surface area contributed by atoms with Crippen LogP contribution in [0.2, 0.25) is 0 Å². The molecule has 1 N–H and O–H groups in total. The number of benzene rings is 3. The lowest BCUT2D eigenvalue weighted by Crippen LogP contribution is -2.29. The monoisotopic (exact) mass is 473 g/mol. The molecule has 0 spiro atoms. The summed E-state index contributed by atoms with van der Waals surface area (Å²) in [5.74, 6) is -0.0209. The molecule has 1 unspecified atom stereocenters. The fourth-order valence-corrected chi connectivity index (χ4v) is 4.14. The largest absolute Gasteiger partial charge is 0.507 e. The van der Waals surface area contributed by atoms with Crippen LogP contribution in [0.5, 0.6) is 17.2 Å². The van der Waals surface area contributed by atoms with Gasteiger partial charge in [0.2, 0.25) is 0 Å². The minimum atomic E-state index is -0.853. The van der Waals surface area contributed by atoms with Gasteiger partial charge in [-0.1, -0.05) is 30.3 Å². The summed E-state index contributed by atoms with van der Waals surface area (Å²) in [5, 5.41) is 11.3. The molecule has 4 rings (SSSR count). The van der Waals surface area contributed by atoms with Crippen LogP contribution in [-0.4, -0.2) is 37.1 Å². The second kappa shape index (κ2) is 10.3. The molecule has 0 bridgehead atoms. The minimum Gasteiger partial charge on any atom is -0.507 e. The maximum absolute atomic E-state index is 13.3. The van der Waals surface area contributed by atoms with E-state index < -0.39 is 17.7 Å². The molecular formula is C28H27NO6. The number of Topliss-reactive ketones (excluding diaryl/α,β-unsaturated/α-hetero) is 1. The first kappa shape index (κ1) is 23.9. The van der Waals surface area contributed by atoms with Crippen molar-refractivity contribution in [2.24, 2.45) is 0 Å². The summed E-state index contributed by atoms with van der Waals surface area (Å²) < 4.78 is 16.4. The van der Waals surface area contributed by atoms with Gasteiger partial charge in [0, 0.05) is 17.3 Å². The van der Waals surface area contributed by atoms with Crippen molar-refractivity contribution in [3.63, 3.8) is 0 Å². The number of hydrogen-bond donors (Lipinski definition) is 1. The Labute approximate surface area is 204 Å². The van der Waals surface area contributed by atoms with E-state index in [2.05, 4.69) is 0 Å². The van der Waals surface area contributed by atoms with Crippen LogP contribution in [0.4, 0.5) is 5.69 Å². The summed E-state index contributed by atoms with van der Waals surface area (Å²) in [6.45, 7) is 4.73. The molecule has 1 saturated heterocycles. The summed E-state index contributed by atoms with van der Waals surface area (Å²) in [5.41, 5.74) is 1.51. The molecule has 0 radical (unpaired) electrons. The molecular weight excluding hydrogens is 446 g/mol. The van der Waals surface area contributed by atoms with Gasteiger partial charge in [-0.3, -0.25) is 14.5 Å². The molecule has 3 aromatic carbocycles. The van der Waals surface area contributed by atoms with E-state index in [9.17, 15) is 14.7 Å². The van der Waals surface area contributed by atoms with Crippen molar-refractivity contribution in [2.75, 3.05) is 25.2 Å². The maximum Gasteiger partial charge on any atom is 0.300 e. The second-order valence-electron chi connectivity index (χ2n) is 7.83. The zero-order valence-corrected chi connectivity index (χ0v) is 19.9. The van der Waals surface area contributed by atoms with Crippen molar-refractivity contribution in [3.05, 3.63) is 89.5 Å². The maximum atomic E-state index is 13.3. The Bertz CT molecular complexity index is 1260. The first-order valence-electron chi connectivity index (χ1n) is 11.4. The molecule has 7 nitrogen and oxygen atoms in total. The number of anilines is 1. The number of methoxy groups -OCH3 is 1. The summed E-state index contributed by atoms with van der Waals surface area (Å²) in [4.78, 5) is 28.1. The molecule has 180 valence electrons. The number of rotatable bonds is 8. The van der Waals surface area contributed by atoms with Gasteiger partial charge in [-0.25, -0.2) is 0 Å². The number of aliphatic hydroxyl groups excluding tert-OH is 1. The first-order valence-corrected chi connectivity index (χ1v) is 11.4. The highest BCUT2D eigenvalue weighted by molar-refractivity contribution is 6.51. The molecule has 1 amide bonds. The van der Waals surface area contributed by atoms with Crippen LogP contribution in [0.3, 0.4) is 0 Å². The zero-order chi connectivity index (χ0) is 24.9. The summed E-state index contributed by atoms with van der Waals surface area (Å²) >= 11 is 0. The molecule has 0 aliphatic carbocycles. The first-order chi connectivity index (χ1) is 17.0. The fraction of sp³-hybridized carbons (Fsp3) is 0.214. The number of nitrogens with zero attached hydrogens (tertiary/aromatic N) is 1. The Kier molecular flexibility index (Phi) is 7.06. The van der Waals surface area contributed by atoms with Crippen LogP contribution >= 0.6 is 0 Å².